The van der Waals surface area contributed by atoms with Crippen molar-refractivity contribution < 1.29 is 9.53 Å². The van der Waals surface area contributed by atoms with Crippen molar-refractivity contribution in [3.8, 4) is 0 Å². The van der Waals surface area contributed by atoms with E-state index in [1.54, 1.807) is 0 Å². The van der Waals surface area contributed by atoms with E-state index < -0.39 is 0 Å². The molecule has 0 atom stereocenters. The Hall–Kier alpha value is -4.17. The van der Waals surface area contributed by atoms with E-state index in [0.717, 1.165) is 10.4 Å². The Morgan fingerprint density at radius 1 is 0.531 bits per heavy atom. The molecule has 0 heterocycles. The van der Waals surface area contributed by atoms with Gasteiger partial charge < -0.3 is 4.74 Å². The van der Waals surface area contributed by atoms with Gasteiger partial charge in [-0.1, -0.05) is 91.0 Å². The summed E-state index contributed by atoms with van der Waals surface area (Å²) in [6.45, 7) is 0. The first-order valence-corrected chi connectivity index (χ1v) is 10.7. The Balaban J connectivity index is 1.83. The van der Waals surface area contributed by atoms with E-state index in [-0.39, 0.29) is 5.97 Å². The summed E-state index contributed by atoms with van der Waals surface area (Å²) >= 11 is 0. The molecular formula is C30H20O2. The van der Waals surface area contributed by atoms with Gasteiger partial charge >= 0.3 is 5.97 Å². The lowest BCUT2D eigenvalue weighted by Gasteiger charge is -2.11. The smallest absolute Gasteiger partial charge is 0.337 e. The molecule has 2 aliphatic carbocycles. The minimum Gasteiger partial charge on any atom is -0.465 e. The molecule has 6 rings (SSSR count). The molecule has 0 fully saturated rings. The maximum atomic E-state index is 12.4. The number of esters is 1. The number of benzene rings is 4. The molecule has 0 amide bonds. The van der Waals surface area contributed by atoms with Gasteiger partial charge in [-0.15, -0.1) is 0 Å². The molecular weight excluding hydrogens is 392 g/mol. The van der Waals surface area contributed by atoms with Crippen molar-refractivity contribution in [1.82, 2.24) is 0 Å². The molecule has 32 heavy (non-hydrogen) atoms. The predicted octanol–water partition coefficient (Wildman–Crippen LogP) is 2.90. The Bertz CT molecular complexity index is 1640. The van der Waals surface area contributed by atoms with Gasteiger partial charge in [0.05, 0.1) is 12.7 Å². The van der Waals surface area contributed by atoms with E-state index in [9.17, 15) is 4.79 Å². The van der Waals surface area contributed by atoms with Crippen LogP contribution in [0.15, 0.2) is 103 Å². The monoisotopic (exact) mass is 412 g/mol. The van der Waals surface area contributed by atoms with Crippen LogP contribution in [0.4, 0.5) is 0 Å². The highest BCUT2D eigenvalue weighted by Gasteiger charge is 2.30. The molecule has 4 aromatic rings. The van der Waals surface area contributed by atoms with Crippen LogP contribution in [0, 0.1) is 0 Å². The van der Waals surface area contributed by atoms with Crippen molar-refractivity contribution in [3.63, 3.8) is 0 Å². The summed E-state index contributed by atoms with van der Waals surface area (Å²) in [6.07, 6.45) is 0. The second kappa shape index (κ2) is 7.21. The number of hydrogen-bond donors (Lipinski definition) is 0. The predicted molar refractivity (Wildman–Crippen MR) is 127 cm³/mol. The lowest BCUT2D eigenvalue weighted by Crippen LogP contribution is -2.29. The number of carbonyl (C=O) groups excluding carboxylic acids is 1. The highest BCUT2D eigenvalue weighted by Crippen LogP contribution is 2.38. The minimum atomic E-state index is -0.320. The molecule has 0 saturated carbocycles. The Morgan fingerprint density at radius 2 is 1.00 bits per heavy atom. The molecule has 2 aliphatic rings. The lowest BCUT2D eigenvalue weighted by atomic mass is 9.92. The van der Waals surface area contributed by atoms with E-state index in [0.29, 0.717) is 5.56 Å². The first-order valence-electron chi connectivity index (χ1n) is 10.7. The van der Waals surface area contributed by atoms with Gasteiger partial charge in [-0.05, 0) is 66.4 Å². The number of hydrogen-bond acceptors (Lipinski definition) is 2. The zero-order valence-corrected chi connectivity index (χ0v) is 17.6. The van der Waals surface area contributed by atoms with Gasteiger partial charge in [0.25, 0.3) is 0 Å². The van der Waals surface area contributed by atoms with Gasteiger partial charge in [-0.2, -0.15) is 0 Å². The fraction of sp³-hybridized carbons (Fsp3) is 0.0333. The standard InChI is InChI=1S/C30H20O2/c1-32-30(31)21-16-17-24-25(18-21)29-26(19-10-4-2-5-11-19)22-14-8-9-15-23(22)28(29)27(24)20-12-6-3-7-13-20/h2-18H,1H3. The molecule has 0 spiro atoms. The first kappa shape index (κ1) is 18.6. The van der Waals surface area contributed by atoms with Gasteiger partial charge in [0.1, 0.15) is 0 Å². The van der Waals surface area contributed by atoms with Crippen LogP contribution in [0.5, 0.6) is 0 Å². The van der Waals surface area contributed by atoms with Crippen LogP contribution in [0.1, 0.15) is 21.5 Å². The van der Waals surface area contributed by atoms with Crippen molar-refractivity contribution >= 4 is 28.3 Å². The van der Waals surface area contributed by atoms with Crippen molar-refractivity contribution in [2.45, 2.75) is 0 Å². The summed E-state index contributed by atoms with van der Waals surface area (Å²) in [4.78, 5) is 12.4. The maximum Gasteiger partial charge on any atom is 0.337 e. The van der Waals surface area contributed by atoms with E-state index in [1.807, 2.05) is 24.3 Å². The fourth-order valence-corrected chi connectivity index (χ4v) is 5.00. The van der Waals surface area contributed by atoms with Crippen LogP contribution in [0.3, 0.4) is 0 Å². The molecule has 0 unspecified atom stereocenters. The molecule has 2 heteroatoms. The van der Waals surface area contributed by atoms with Crippen LogP contribution >= 0.6 is 0 Å². The average Bonchev–Trinajstić information content (AvgIpc) is 3.37. The summed E-state index contributed by atoms with van der Waals surface area (Å²) in [5.74, 6) is -0.320. The Labute approximate surface area is 185 Å². The SMILES string of the molecule is COC(=O)c1ccc2c(c1)=C1C(=c3ccccc3=C1c1ccccc1)C=2c1ccccc1. The number of methoxy groups -OCH3 is 1. The number of ether oxygens (including phenoxy) is 1. The van der Waals surface area contributed by atoms with Gasteiger partial charge in [-0.25, -0.2) is 4.79 Å². The molecule has 0 aromatic heterocycles. The number of carbonyl (C=O) groups is 1. The summed E-state index contributed by atoms with van der Waals surface area (Å²) < 4.78 is 5.02. The quantitative estimate of drug-likeness (QED) is 0.484. The molecule has 0 radical (unpaired) electrons. The maximum absolute atomic E-state index is 12.4. The van der Waals surface area contributed by atoms with Crippen molar-refractivity contribution in [1.29, 1.82) is 0 Å². The van der Waals surface area contributed by atoms with E-state index in [2.05, 4.69) is 78.9 Å². The molecule has 4 aromatic carbocycles. The topological polar surface area (TPSA) is 26.3 Å². The number of fused-ring (bicyclic) bond motifs is 3. The van der Waals surface area contributed by atoms with Gasteiger partial charge in [0.15, 0.2) is 0 Å². The third-order valence-corrected chi connectivity index (χ3v) is 6.32. The van der Waals surface area contributed by atoms with Gasteiger partial charge in [0, 0.05) is 0 Å². The minimum absolute atomic E-state index is 0.320. The van der Waals surface area contributed by atoms with Crippen LogP contribution in [0.25, 0.3) is 22.3 Å². The molecule has 0 aliphatic heterocycles. The molecule has 0 N–H and O–H groups in total. The lowest BCUT2D eigenvalue weighted by molar-refractivity contribution is 0.0600. The van der Waals surface area contributed by atoms with Crippen LogP contribution in [-0.2, 0) is 4.74 Å². The van der Waals surface area contributed by atoms with Crippen LogP contribution in [0.2, 0.25) is 0 Å². The summed E-state index contributed by atoms with van der Waals surface area (Å²) in [5.41, 5.74) is 7.77. The third-order valence-electron chi connectivity index (χ3n) is 6.32. The van der Waals surface area contributed by atoms with E-state index in [4.69, 9.17) is 4.74 Å². The van der Waals surface area contributed by atoms with Crippen LogP contribution < -0.4 is 20.9 Å². The molecule has 0 saturated heterocycles. The highest BCUT2D eigenvalue weighted by atomic mass is 16.5. The summed E-state index contributed by atoms with van der Waals surface area (Å²) in [5, 5.41) is 4.69. The number of rotatable bonds is 3. The Morgan fingerprint density at radius 3 is 1.56 bits per heavy atom. The second-order valence-electron chi connectivity index (χ2n) is 8.03. The van der Waals surface area contributed by atoms with Gasteiger partial charge in [0.2, 0.25) is 0 Å². The molecule has 152 valence electrons. The fourth-order valence-electron chi connectivity index (χ4n) is 5.00. The van der Waals surface area contributed by atoms with Crippen molar-refractivity contribution in [2.24, 2.45) is 0 Å². The van der Waals surface area contributed by atoms with E-state index >= 15 is 0 Å². The van der Waals surface area contributed by atoms with E-state index in [1.165, 1.54) is 51.0 Å². The second-order valence-corrected chi connectivity index (χ2v) is 8.03. The zero-order valence-electron chi connectivity index (χ0n) is 17.6. The Kier molecular flexibility index (Phi) is 4.19. The van der Waals surface area contributed by atoms with Gasteiger partial charge in [-0.3, -0.25) is 0 Å². The first-order chi connectivity index (χ1) is 15.8. The third kappa shape index (κ3) is 2.63. The molecule has 0 bridgehead atoms. The summed E-state index contributed by atoms with van der Waals surface area (Å²) in [7, 11) is 1.43. The highest BCUT2D eigenvalue weighted by molar-refractivity contribution is 6.31. The van der Waals surface area contributed by atoms with Crippen LogP contribution in [-0.4, -0.2) is 13.1 Å². The zero-order chi connectivity index (χ0) is 21.7. The largest absolute Gasteiger partial charge is 0.465 e. The van der Waals surface area contributed by atoms with Crippen molar-refractivity contribution in [2.75, 3.05) is 7.11 Å². The normalized spacial score (nSPS) is 13.7. The molecule has 2 nitrogen and oxygen atoms in total. The summed E-state index contributed by atoms with van der Waals surface area (Å²) in [6, 6.07) is 35.5. The van der Waals surface area contributed by atoms with Crippen molar-refractivity contribution in [3.05, 3.63) is 141 Å². The average molecular weight is 412 g/mol.